The highest BCUT2D eigenvalue weighted by Crippen LogP contribution is 2.18. The maximum Gasteiger partial charge on any atom is 0.141 e. The summed E-state index contributed by atoms with van der Waals surface area (Å²) >= 11 is 0. The minimum absolute atomic E-state index is 0.649. The number of likely N-dealkylation sites (N-methyl/N-ethyl adjacent to an activating group) is 1. The molecule has 1 N–H and O–H groups in total. The number of piperidine rings is 1. The predicted octanol–water partition coefficient (Wildman–Crippen LogP) is 0.872. The SMILES string of the molecule is CCn1ncnc1CN1CCCCC1CNC. The number of aryl methyl sites for hydroxylation is 1. The Balaban J connectivity index is 2.00. The quantitative estimate of drug-likeness (QED) is 0.825. The van der Waals surface area contributed by atoms with Gasteiger partial charge in [0.2, 0.25) is 0 Å². The number of hydrogen-bond donors (Lipinski definition) is 1. The molecule has 5 heteroatoms. The zero-order valence-corrected chi connectivity index (χ0v) is 10.9. The largest absolute Gasteiger partial charge is 0.318 e. The van der Waals surface area contributed by atoms with Crippen molar-refractivity contribution in [2.45, 2.75) is 45.3 Å². The van der Waals surface area contributed by atoms with Crippen molar-refractivity contribution in [3.8, 4) is 0 Å². The van der Waals surface area contributed by atoms with Gasteiger partial charge in [0, 0.05) is 19.1 Å². The van der Waals surface area contributed by atoms with Gasteiger partial charge < -0.3 is 5.32 Å². The molecule has 0 spiro atoms. The lowest BCUT2D eigenvalue weighted by Crippen LogP contribution is -2.44. The van der Waals surface area contributed by atoms with E-state index in [4.69, 9.17) is 0 Å². The minimum Gasteiger partial charge on any atom is -0.318 e. The molecule has 2 rings (SSSR count). The highest BCUT2D eigenvalue weighted by atomic mass is 15.3. The van der Waals surface area contributed by atoms with E-state index in [1.165, 1.54) is 25.8 Å². The lowest BCUT2D eigenvalue weighted by molar-refractivity contribution is 0.133. The first-order valence-electron chi connectivity index (χ1n) is 6.60. The lowest BCUT2D eigenvalue weighted by Gasteiger charge is -2.35. The molecule has 1 saturated heterocycles. The zero-order chi connectivity index (χ0) is 12.1. The van der Waals surface area contributed by atoms with E-state index in [-0.39, 0.29) is 0 Å². The molecule has 1 aromatic rings. The van der Waals surface area contributed by atoms with Crippen LogP contribution in [-0.2, 0) is 13.1 Å². The molecule has 1 aliphatic rings. The van der Waals surface area contributed by atoms with Crippen LogP contribution >= 0.6 is 0 Å². The van der Waals surface area contributed by atoms with Crippen molar-refractivity contribution in [1.82, 2.24) is 25.0 Å². The molecule has 0 aliphatic carbocycles. The van der Waals surface area contributed by atoms with Gasteiger partial charge in [0.1, 0.15) is 12.2 Å². The number of likely N-dealkylation sites (tertiary alicyclic amines) is 1. The van der Waals surface area contributed by atoms with E-state index >= 15 is 0 Å². The van der Waals surface area contributed by atoms with Crippen molar-refractivity contribution in [3.05, 3.63) is 12.2 Å². The van der Waals surface area contributed by atoms with Crippen LogP contribution in [0.5, 0.6) is 0 Å². The average Bonchev–Trinajstić information content (AvgIpc) is 2.79. The Hall–Kier alpha value is -0.940. The van der Waals surface area contributed by atoms with Gasteiger partial charge in [-0.1, -0.05) is 6.42 Å². The summed E-state index contributed by atoms with van der Waals surface area (Å²) in [7, 11) is 2.03. The smallest absolute Gasteiger partial charge is 0.141 e. The van der Waals surface area contributed by atoms with Crippen molar-refractivity contribution in [2.24, 2.45) is 0 Å². The highest BCUT2D eigenvalue weighted by molar-refractivity contribution is 4.88. The molecule has 0 bridgehead atoms. The van der Waals surface area contributed by atoms with Crippen molar-refractivity contribution >= 4 is 0 Å². The van der Waals surface area contributed by atoms with Crippen molar-refractivity contribution < 1.29 is 0 Å². The fourth-order valence-corrected chi connectivity index (χ4v) is 2.59. The Bertz CT molecular complexity index is 333. The van der Waals surface area contributed by atoms with Gasteiger partial charge in [-0.05, 0) is 33.4 Å². The van der Waals surface area contributed by atoms with E-state index < -0.39 is 0 Å². The number of rotatable bonds is 5. The molecule has 96 valence electrons. The Morgan fingerprint density at radius 3 is 3.12 bits per heavy atom. The fraction of sp³-hybridized carbons (Fsp3) is 0.833. The zero-order valence-electron chi connectivity index (χ0n) is 10.9. The number of nitrogens with one attached hydrogen (secondary N) is 1. The molecular formula is C12H23N5. The summed E-state index contributed by atoms with van der Waals surface area (Å²) in [6.45, 7) is 6.20. The van der Waals surface area contributed by atoms with Gasteiger partial charge >= 0.3 is 0 Å². The van der Waals surface area contributed by atoms with Crippen LogP contribution in [0.15, 0.2) is 6.33 Å². The summed E-state index contributed by atoms with van der Waals surface area (Å²) < 4.78 is 1.99. The molecule has 5 nitrogen and oxygen atoms in total. The first-order valence-corrected chi connectivity index (χ1v) is 6.60. The Morgan fingerprint density at radius 2 is 2.35 bits per heavy atom. The van der Waals surface area contributed by atoms with E-state index in [2.05, 4.69) is 27.2 Å². The average molecular weight is 237 g/mol. The van der Waals surface area contributed by atoms with Crippen LogP contribution in [0.2, 0.25) is 0 Å². The third kappa shape index (κ3) is 3.04. The van der Waals surface area contributed by atoms with Crippen molar-refractivity contribution in [1.29, 1.82) is 0 Å². The minimum atomic E-state index is 0.649. The van der Waals surface area contributed by atoms with Crippen LogP contribution in [0, 0.1) is 0 Å². The maximum absolute atomic E-state index is 4.37. The molecule has 1 aliphatic heterocycles. The predicted molar refractivity (Wildman–Crippen MR) is 67.7 cm³/mol. The van der Waals surface area contributed by atoms with Crippen molar-refractivity contribution in [3.63, 3.8) is 0 Å². The molecule has 1 atom stereocenters. The third-order valence-electron chi connectivity index (χ3n) is 3.53. The van der Waals surface area contributed by atoms with Crippen LogP contribution in [0.25, 0.3) is 0 Å². The summed E-state index contributed by atoms with van der Waals surface area (Å²) in [5.41, 5.74) is 0. The second-order valence-electron chi connectivity index (χ2n) is 4.67. The standard InChI is InChI=1S/C12H23N5/c1-3-17-12(14-10-15-17)9-16-7-5-4-6-11(16)8-13-2/h10-11,13H,3-9H2,1-2H3. The van der Waals surface area contributed by atoms with Crippen LogP contribution in [0.4, 0.5) is 0 Å². The molecule has 0 amide bonds. The number of hydrogen-bond acceptors (Lipinski definition) is 4. The molecular weight excluding hydrogens is 214 g/mol. The van der Waals surface area contributed by atoms with Crippen LogP contribution < -0.4 is 5.32 Å². The molecule has 1 aromatic heterocycles. The second-order valence-corrected chi connectivity index (χ2v) is 4.67. The number of aromatic nitrogens is 3. The molecule has 2 heterocycles. The topological polar surface area (TPSA) is 46.0 Å². The van der Waals surface area contributed by atoms with Gasteiger partial charge in [0.15, 0.2) is 0 Å². The lowest BCUT2D eigenvalue weighted by atomic mass is 10.0. The first-order chi connectivity index (χ1) is 8.35. The normalized spacial score (nSPS) is 21.9. The van der Waals surface area contributed by atoms with E-state index in [1.807, 2.05) is 11.7 Å². The molecule has 1 unspecified atom stereocenters. The number of nitrogens with zero attached hydrogens (tertiary/aromatic N) is 4. The van der Waals surface area contributed by atoms with Crippen LogP contribution in [0.3, 0.4) is 0 Å². The van der Waals surface area contributed by atoms with Crippen molar-refractivity contribution in [2.75, 3.05) is 20.1 Å². The third-order valence-corrected chi connectivity index (χ3v) is 3.53. The van der Waals surface area contributed by atoms with E-state index in [1.54, 1.807) is 6.33 Å². The molecule has 0 aromatic carbocycles. The maximum atomic E-state index is 4.37. The van der Waals surface area contributed by atoms with Crippen LogP contribution in [0.1, 0.15) is 32.0 Å². The monoisotopic (exact) mass is 237 g/mol. The fourth-order valence-electron chi connectivity index (χ4n) is 2.59. The summed E-state index contributed by atoms with van der Waals surface area (Å²) in [6.07, 6.45) is 5.61. The molecule has 1 fully saturated rings. The van der Waals surface area contributed by atoms with E-state index in [9.17, 15) is 0 Å². The molecule has 0 radical (unpaired) electrons. The van der Waals surface area contributed by atoms with Gasteiger partial charge in [-0.2, -0.15) is 5.10 Å². The molecule has 0 saturated carbocycles. The highest BCUT2D eigenvalue weighted by Gasteiger charge is 2.23. The summed E-state index contributed by atoms with van der Waals surface area (Å²) in [5, 5.41) is 7.53. The van der Waals surface area contributed by atoms with Gasteiger partial charge in [0.05, 0.1) is 6.54 Å². The summed E-state index contributed by atoms with van der Waals surface area (Å²) in [4.78, 5) is 6.90. The van der Waals surface area contributed by atoms with Gasteiger partial charge in [-0.3, -0.25) is 4.90 Å². The Kier molecular flexibility index (Phi) is 4.50. The van der Waals surface area contributed by atoms with Crippen LogP contribution in [-0.4, -0.2) is 45.8 Å². The second kappa shape index (κ2) is 6.12. The first kappa shape index (κ1) is 12.5. The summed E-state index contributed by atoms with van der Waals surface area (Å²) in [5.74, 6) is 1.09. The Labute approximate surface area is 103 Å². The van der Waals surface area contributed by atoms with Gasteiger partial charge in [0.25, 0.3) is 0 Å². The molecule has 17 heavy (non-hydrogen) atoms. The van der Waals surface area contributed by atoms with Gasteiger partial charge in [-0.25, -0.2) is 9.67 Å². The van der Waals surface area contributed by atoms with E-state index in [0.717, 1.165) is 25.5 Å². The Morgan fingerprint density at radius 1 is 1.47 bits per heavy atom. The summed E-state index contributed by atoms with van der Waals surface area (Å²) in [6, 6.07) is 0.649. The van der Waals surface area contributed by atoms with E-state index in [0.29, 0.717) is 6.04 Å². The van der Waals surface area contributed by atoms with Gasteiger partial charge in [-0.15, -0.1) is 0 Å².